The van der Waals surface area contributed by atoms with Crippen LogP contribution in [0.15, 0.2) is 99.6 Å². The Labute approximate surface area is 206 Å². The van der Waals surface area contributed by atoms with Crippen LogP contribution in [-0.2, 0) is 39.5 Å². The van der Waals surface area contributed by atoms with Gasteiger partial charge in [0.1, 0.15) is 23.2 Å². The van der Waals surface area contributed by atoms with E-state index in [1.807, 2.05) is 60.7 Å². The fourth-order valence-electron chi connectivity index (χ4n) is 4.89. The Kier molecular flexibility index (Phi) is 5.80. The van der Waals surface area contributed by atoms with E-state index < -0.39 is 45.8 Å². The zero-order chi connectivity index (χ0) is 24.0. The molecule has 0 spiro atoms. The van der Waals surface area contributed by atoms with Gasteiger partial charge in [-0.1, -0.05) is 36.4 Å². The zero-order valence-electron chi connectivity index (χ0n) is 18.6. The summed E-state index contributed by atoms with van der Waals surface area (Å²) in [5.74, 6) is -0.0488. The van der Waals surface area contributed by atoms with Crippen LogP contribution in [0.25, 0.3) is 0 Å². The molecule has 3 aromatic rings. The first-order valence-electron chi connectivity index (χ1n) is 11.3. The highest BCUT2D eigenvalue weighted by molar-refractivity contribution is 7.97. The molecule has 3 heterocycles. The molecule has 3 aromatic carbocycles. The third-order valence-corrected chi connectivity index (χ3v) is 10.4. The van der Waals surface area contributed by atoms with Gasteiger partial charge in [0.25, 0.3) is 10.1 Å². The SMILES string of the molecule is O=C(COc1ccc([S+](c2ccccc2)c2ccccc2)cc1)OC1C2CC3C(O2)C1OS3(=O)=O. The molecule has 6 rings (SSSR count). The number of esters is 1. The molecular weight excluding hydrogens is 488 g/mol. The van der Waals surface area contributed by atoms with Gasteiger partial charge in [-0.05, 0) is 55.0 Å². The van der Waals surface area contributed by atoms with Gasteiger partial charge >= 0.3 is 5.97 Å². The van der Waals surface area contributed by atoms with Crippen molar-refractivity contribution >= 4 is 27.0 Å². The van der Waals surface area contributed by atoms with Gasteiger partial charge in [0.2, 0.25) is 0 Å². The quantitative estimate of drug-likeness (QED) is 0.273. The Balaban J connectivity index is 1.11. The summed E-state index contributed by atoms with van der Waals surface area (Å²) in [5.41, 5.74) is 0. The van der Waals surface area contributed by atoms with Crippen molar-refractivity contribution in [1.29, 1.82) is 0 Å². The van der Waals surface area contributed by atoms with Gasteiger partial charge in [-0.3, -0.25) is 4.18 Å². The second-order valence-corrected chi connectivity index (χ2v) is 12.4. The van der Waals surface area contributed by atoms with Crippen molar-refractivity contribution in [3.63, 3.8) is 0 Å². The van der Waals surface area contributed by atoms with E-state index in [0.29, 0.717) is 5.75 Å². The molecule has 9 heteroatoms. The van der Waals surface area contributed by atoms with Crippen LogP contribution < -0.4 is 4.74 Å². The third kappa shape index (κ3) is 4.23. The normalized spacial score (nSPS) is 27.7. The second kappa shape index (κ2) is 8.98. The number of carbonyl (C=O) groups excluding carboxylic acids is 1. The van der Waals surface area contributed by atoms with E-state index in [1.165, 1.54) is 9.79 Å². The van der Waals surface area contributed by atoms with E-state index in [4.69, 9.17) is 18.4 Å². The predicted octanol–water partition coefficient (Wildman–Crippen LogP) is 3.34. The van der Waals surface area contributed by atoms with Crippen molar-refractivity contribution in [2.24, 2.45) is 0 Å². The first-order chi connectivity index (χ1) is 17.0. The van der Waals surface area contributed by atoms with E-state index in [1.54, 1.807) is 0 Å². The lowest BCUT2D eigenvalue weighted by Gasteiger charge is -2.21. The molecule has 3 aliphatic heterocycles. The molecule has 0 aliphatic carbocycles. The maximum Gasteiger partial charge on any atom is 0.344 e. The fourth-order valence-corrected chi connectivity index (χ4v) is 8.62. The van der Waals surface area contributed by atoms with Crippen molar-refractivity contribution < 1.29 is 31.6 Å². The summed E-state index contributed by atoms with van der Waals surface area (Å²) in [7, 11) is -3.93. The molecule has 3 saturated heterocycles. The monoisotopic (exact) mass is 511 g/mol. The minimum absolute atomic E-state index is 0.272. The fraction of sp³-hybridized carbons (Fsp3) is 0.269. The van der Waals surface area contributed by atoms with Gasteiger partial charge in [-0.2, -0.15) is 8.42 Å². The average Bonchev–Trinajstić information content (AvgIpc) is 3.50. The maximum atomic E-state index is 12.4. The van der Waals surface area contributed by atoms with Crippen LogP contribution in [0.2, 0.25) is 0 Å². The number of rotatable bonds is 7. The van der Waals surface area contributed by atoms with Crippen molar-refractivity contribution in [3.05, 3.63) is 84.9 Å². The third-order valence-electron chi connectivity index (χ3n) is 6.43. The van der Waals surface area contributed by atoms with Crippen molar-refractivity contribution in [2.45, 2.75) is 50.8 Å². The van der Waals surface area contributed by atoms with Gasteiger partial charge in [0.05, 0.1) is 17.0 Å². The summed E-state index contributed by atoms with van der Waals surface area (Å²) in [6.45, 7) is -0.292. The minimum atomic E-state index is -3.65. The molecule has 0 radical (unpaired) electrons. The topological polar surface area (TPSA) is 88.1 Å². The van der Waals surface area contributed by atoms with Crippen molar-refractivity contribution in [1.82, 2.24) is 0 Å². The van der Waals surface area contributed by atoms with Crippen LogP contribution >= 0.6 is 0 Å². The molecule has 0 N–H and O–H groups in total. The number of carbonyl (C=O) groups is 1. The lowest BCUT2D eigenvalue weighted by Crippen LogP contribution is -2.42. The van der Waals surface area contributed by atoms with E-state index in [-0.39, 0.29) is 23.9 Å². The van der Waals surface area contributed by atoms with E-state index in [0.717, 1.165) is 4.90 Å². The van der Waals surface area contributed by atoms with Gasteiger partial charge in [-0.15, -0.1) is 0 Å². The number of hydrogen-bond donors (Lipinski definition) is 0. The Hall–Kier alpha value is -2.85. The van der Waals surface area contributed by atoms with Crippen LogP contribution in [-0.4, -0.2) is 50.7 Å². The standard InChI is InChI=1S/C26H23O7S2/c27-23(32-24-21-15-22-25(31-21)26(24)33-35(22,28)29)16-30-17-11-13-20(14-12-17)34(18-7-3-1-4-8-18)19-9-5-2-6-10-19/h1-14,21-22,24-26H,15-16H2/q+1. The zero-order valence-corrected chi connectivity index (χ0v) is 20.2. The number of fused-ring (bicyclic) bond motifs is 1. The van der Waals surface area contributed by atoms with Crippen LogP contribution in [0.3, 0.4) is 0 Å². The summed E-state index contributed by atoms with van der Waals surface area (Å²) in [6.07, 6.45) is -2.22. The number of hydrogen-bond acceptors (Lipinski definition) is 7. The minimum Gasteiger partial charge on any atom is -0.482 e. The molecule has 5 atom stereocenters. The Morgan fingerprint density at radius 2 is 1.46 bits per heavy atom. The molecule has 0 saturated carbocycles. The molecule has 3 aliphatic rings. The van der Waals surface area contributed by atoms with E-state index in [2.05, 4.69) is 24.3 Å². The molecule has 0 aromatic heterocycles. The van der Waals surface area contributed by atoms with Gasteiger partial charge < -0.3 is 14.2 Å². The first kappa shape index (κ1) is 22.6. The molecule has 35 heavy (non-hydrogen) atoms. The Morgan fingerprint density at radius 3 is 2.09 bits per heavy atom. The Morgan fingerprint density at radius 1 is 0.857 bits per heavy atom. The molecule has 2 bridgehead atoms. The molecule has 5 unspecified atom stereocenters. The highest BCUT2D eigenvalue weighted by Gasteiger charge is 2.67. The second-order valence-electron chi connectivity index (χ2n) is 8.61. The van der Waals surface area contributed by atoms with Crippen LogP contribution in [0.4, 0.5) is 0 Å². The Bertz CT molecular complexity index is 1270. The predicted molar refractivity (Wildman–Crippen MR) is 128 cm³/mol. The van der Waals surface area contributed by atoms with E-state index in [9.17, 15) is 13.2 Å². The van der Waals surface area contributed by atoms with Gasteiger partial charge in [-0.25, -0.2) is 4.79 Å². The lowest BCUT2D eigenvalue weighted by molar-refractivity contribution is -0.157. The highest BCUT2D eigenvalue weighted by Crippen LogP contribution is 2.47. The van der Waals surface area contributed by atoms with Gasteiger partial charge in [0, 0.05) is 0 Å². The van der Waals surface area contributed by atoms with Crippen molar-refractivity contribution in [3.8, 4) is 5.75 Å². The van der Waals surface area contributed by atoms with Crippen LogP contribution in [0, 0.1) is 0 Å². The molecule has 3 fully saturated rings. The first-order valence-corrected chi connectivity index (χ1v) is 14.0. The van der Waals surface area contributed by atoms with E-state index >= 15 is 0 Å². The summed E-state index contributed by atoms with van der Waals surface area (Å²) in [4.78, 5) is 16.0. The summed E-state index contributed by atoms with van der Waals surface area (Å²) < 4.78 is 46.0. The number of benzene rings is 3. The average molecular weight is 512 g/mol. The molecule has 7 nitrogen and oxygen atoms in total. The summed E-state index contributed by atoms with van der Waals surface area (Å²) >= 11 is 0. The largest absolute Gasteiger partial charge is 0.482 e. The lowest BCUT2D eigenvalue weighted by atomic mass is 9.94. The van der Waals surface area contributed by atoms with Gasteiger partial charge in [0.15, 0.2) is 27.4 Å². The molecule has 180 valence electrons. The smallest absolute Gasteiger partial charge is 0.344 e. The van der Waals surface area contributed by atoms with Crippen LogP contribution in [0.5, 0.6) is 5.75 Å². The van der Waals surface area contributed by atoms with Crippen LogP contribution in [0.1, 0.15) is 6.42 Å². The molecular formula is C26H23O7S2+. The summed E-state index contributed by atoms with van der Waals surface area (Å²) in [6, 6.07) is 28.3. The molecule has 0 amide bonds. The summed E-state index contributed by atoms with van der Waals surface area (Å²) in [5, 5.41) is -0.654. The number of ether oxygens (including phenoxy) is 3. The maximum absolute atomic E-state index is 12.4. The highest BCUT2D eigenvalue weighted by atomic mass is 32.2. The van der Waals surface area contributed by atoms with Crippen molar-refractivity contribution in [2.75, 3.05) is 6.61 Å².